The van der Waals surface area contributed by atoms with Gasteiger partial charge in [0.15, 0.2) is 5.78 Å². The fourth-order valence-electron chi connectivity index (χ4n) is 3.24. The van der Waals surface area contributed by atoms with Crippen LogP contribution in [0.4, 0.5) is 0 Å². The largest absolute Gasteiger partial charge is 0.380 e. The molecule has 0 saturated heterocycles. The molecule has 27 heavy (non-hydrogen) atoms. The Labute approximate surface area is 165 Å². The fraction of sp³-hybridized carbons (Fsp3) is 0.0909. The number of pyridine rings is 1. The van der Waals surface area contributed by atoms with Crippen molar-refractivity contribution in [3.63, 3.8) is 0 Å². The maximum Gasteiger partial charge on any atom is 0.195 e. The van der Waals surface area contributed by atoms with Crippen molar-refractivity contribution in [2.24, 2.45) is 0 Å². The van der Waals surface area contributed by atoms with E-state index in [0.717, 1.165) is 26.9 Å². The van der Waals surface area contributed by atoms with E-state index < -0.39 is 6.10 Å². The lowest BCUT2D eigenvalue weighted by Gasteiger charge is -2.13. The molecule has 0 aliphatic carbocycles. The SMILES string of the molecule is Cc1cc2ncc(Br)cc2n1-c1ccc(C(O)C(=O)c2ccccc2)cc1. The quantitative estimate of drug-likeness (QED) is 0.471. The molecule has 1 unspecified atom stereocenters. The van der Waals surface area contributed by atoms with E-state index in [2.05, 4.69) is 25.5 Å². The van der Waals surface area contributed by atoms with Crippen molar-refractivity contribution >= 4 is 32.7 Å². The van der Waals surface area contributed by atoms with Gasteiger partial charge in [-0.1, -0.05) is 42.5 Å². The van der Waals surface area contributed by atoms with E-state index >= 15 is 0 Å². The van der Waals surface area contributed by atoms with E-state index in [1.165, 1.54) is 0 Å². The van der Waals surface area contributed by atoms with E-state index in [4.69, 9.17) is 0 Å². The molecule has 2 aromatic carbocycles. The molecular weight excluding hydrogens is 404 g/mol. The number of aliphatic hydroxyl groups excluding tert-OH is 1. The molecule has 4 nitrogen and oxygen atoms in total. The second-order valence-electron chi connectivity index (χ2n) is 6.40. The van der Waals surface area contributed by atoms with Crippen LogP contribution in [0.2, 0.25) is 0 Å². The van der Waals surface area contributed by atoms with Crippen LogP contribution in [0, 0.1) is 6.92 Å². The molecule has 1 N–H and O–H groups in total. The Morgan fingerprint density at radius 1 is 1.07 bits per heavy atom. The van der Waals surface area contributed by atoms with Gasteiger partial charge in [-0.15, -0.1) is 0 Å². The van der Waals surface area contributed by atoms with E-state index in [-0.39, 0.29) is 5.78 Å². The number of hydrogen-bond acceptors (Lipinski definition) is 3. The molecule has 0 aliphatic heterocycles. The number of carbonyl (C=O) groups is 1. The average Bonchev–Trinajstić information content (AvgIpc) is 3.02. The molecule has 0 aliphatic rings. The van der Waals surface area contributed by atoms with Crippen LogP contribution in [0.25, 0.3) is 16.7 Å². The van der Waals surface area contributed by atoms with E-state index in [9.17, 15) is 9.90 Å². The van der Waals surface area contributed by atoms with Crippen LogP contribution in [0.15, 0.2) is 77.4 Å². The van der Waals surface area contributed by atoms with Crippen LogP contribution in [0.5, 0.6) is 0 Å². The van der Waals surface area contributed by atoms with Gasteiger partial charge in [0.2, 0.25) is 0 Å². The third kappa shape index (κ3) is 3.31. The average molecular weight is 421 g/mol. The lowest BCUT2D eigenvalue weighted by atomic mass is 10.00. The minimum Gasteiger partial charge on any atom is -0.380 e. The predicted octanol–water partition coefficient (Wildman–Crippen LogP) is 5.01. The number of ketones is 1. The lowest BCUT2D eigenvalue weighted by molar-refractivity contribution is 0.0747. The minimum absolute atomic E-state index is 0.306. The Morgan fingerprint density at radius 3 is 2.48 bits per heavy atom. The number of nitrogens with zero attached hydrogens (tertiary/aromatic N) is 2. The van der Waals surface area contributed by atoms with Crippen LogP contribution in [0.1, 0.15) is 27.7 Å². The number of aromatic nitrogens is 2. The Morgan fingerprint density at radius 2 is 1.78 bits per heavy atom. The molecule has 5 heteroatoms. The number of benzene rings is 2. The van der Waals surface area contributed by atoms with Gasteiger partial charge in [0.25, 0.3) is 0 Å². The standard InChI is InChI=1S/C22H17BrN2O2/c1-14-11-19-20(12-17(23)13-24-19)25(14)18-9-7-16(8-10-18)22(27)21(26)15-5-3-2-4-6-15/h2-13,22,27H,1H3. The maximum absolute atomic E-state index is 12.5. The molecule has 134 valence electrons. The number of aryl methyl sites for hydroxylation is 1. The summed E-state index contributed by atoms with van der Waals surface area (Å²) in [5, 5.41) is 10.5. The number of carbonyl (C=O) groups excluding carboxylic acids is 1. The van der Waals surface area contributed by atoms with Gasteiger partial charge < -0.3 is 9.67 Å². The molecule has 2 aromatic heterocycles. The lowest BCUT2D eigenvalue weighted by Crippen LogP contribution is -2.12. The second-order valence-corrected chi connectivity index (χ2v) is 7.32. The number of Topliss-reactive ketones (excluding diaryl/α,β-unsaturated/α-hetero) is 1. The first-order valence-electron chi connectivity index (χ1n) is 8.56. The summed E-state index contributed by atoms with van der Waals surface area (Å²) < 4.78 is 3.01. The van der Waals surface area contributed by atoms with Gasteiger partial charge in [-0.05, 0) is 52.7 Å². The molecule has 4 rings (SSSR count). The molecule has 0 spiro atoms. The third-order valence-corrected chi connectivity index (χ3v) is 5.01. The zero-order valence-electron chi connectivity index (χ0n) is 14.6. The summed E-state index contributed by atoms with van der Waals surface area (Å²) in [5.41, 5.74) is 4.99. The van der Waals surface area contributed by atoms with Crippen molar-refractivity contribution in [2.45, 2.75) is 13.0 Å². The summed E-state index contributed by atoms with van der Waals surface area (Å²) >= 11 is 3.47. The van der Waals surface area contributed by atoms with Crippen molar-refractivity contribution in [1.29, 1.82) is 0 Å². The van der Waals surface area contributed by atoms with Gasteiger partial charge in [-0.3, -0.25) is 9.78 Å². The second kappa shape index (κ2) is 7.10. The summed E-state index contributed by atoms with van der Waals surface area (Å²) in [6.07, 6.45) is 0.598. The smallest absolute Gasteiger partial charge is 0.195 e. The van der Waals surface area contributed by atoms with Crippen molar-refractivity contribution in [1.82, 2.24) is 9.55 Å². The summed E-state index contributed by atoms with van der Waals surface area (Å²) in [5.74, 6) is -0.306. The molecule has 1 atom stereocenters. The Kier molecular flexibility index (Phi) is 4.64. The van der Waals surface area contributed by atoms with Crippen LogP contribution in [0.3, 0.4) is 0 Å². The highest BCUT2D eigenvalue weighted by Gasteiger charge is 2.19. The van der Waals surface area contributed by atoms with Gasteiger partial charge in [0, 0.05) is 27.6 Å². The van der Waals surface area contributed by atoms with Crippen LogP contribution >= 0.6 is 15.9 Å². The van der Waals surface area contributed by atoms with Crippen molar-refractivity contribution in [2.75, 3.05) is 0 Å². The number of halogens is 1. The first kappa shape index (κ1) is 17.6. The summed E-state index contributed by atoms with van der Waals surface area (Å²) in [4.78, 5) is 16.9. The molecule has 0 fully saturated rings. The number of rotatable bonds is 4. The van der Waals surface area contributed by atoms with Crippen LogP contribution in [-0.2, 0) is 0 Å². The van der Waals surface area contributed by atoms with Gasteiger partial charge in [0.1, 0.15) is 6.10 Å². The summed E-state index contributed by atoms with van der Waals surface area (Å²) in [7, 11) is 0. The molecule has 4 aromatic rings. The first-order chi connectivity index (χ1) is 13.0. The molecule has 0 radical (unpaired) electrons. The van der Waals surface area contributed by atoms with Crippen molar-refractivity contribution in [3.8, 4) is 5.69 Å². The number of hydrogen-bond donors (Lipinski definition) is 1. The van der Waals surface area contributed by atoms with E-state index in [0.29, 0.717) is 11.1 Å². The van der Waals surface area contributed by atoms with E-state index in [1.54, 1.807) is 42.6 Å². The Bertz CT molecular complexity index is 1120. The zero-order chi connectivity index (χ0) is 19.0. The molecule has 0 amide bonds. The Hall–Kier alpha value is -2.76. The minimum atomic E-state index is -1.18. The number of aliphatic hydroxyl groups is 1. The van der Waals surface area contributed by atoms with Crippen molar-refractivity contribution in [3.05, 3.63) is 94.2 Å². The van der Waals surface area contributed by atoms with Gasteiger partial charge >= 0.3 is 0 Å². The topological polar surface area (TPSA) is 55.1 Å². The highest BCUT2D eigenvalue weighted by Crippen LogP contribution is 2.26. The third-order valence-electron chi connectivity index (χ3n) is 4.58. The van der Waals surface area contributed by atoms with Crippen LogP contribution < -0.4 is 0 Å². The van der Waals surface area contributed by atoms with Gasteiger partial charge in [-0.25, -0.2) is 0 Å². The van der Waals surface area contributed by atoms with Crippen molar-refractivity contribution < 1.29 is 9.90 Å². The maximum atomic E-state index is 12.5. The Balaban J connectivity index is 1.68. The molecule has 0 saturated carbocycles. The van der Waals surface area contributed by atoms with Crippen LogP contribution in [-0.4, -0.2) is 20.4 Å². The fourth-order valence-corrected chi connectivity index (χ4v) is 3.56. The number of fused-ring (bicyclic) bond motifs is 1. The van der Waals surface area contributed by atoms with Gasteiger partial charge in [-0.2, -0.15) is 0 Å². The zero-order valence-corrected chi connectivity index (χ0v) is 16.2. The molecule has 0 bridgehead atoms. The van der Waals surface area contributed by atoms with E-state index in [1.807, 2.05) is 37.3 Å². The monoisotopic (exact) mass is 420 g/mol. The predicted molar refractivity (Wildman–Crippen MR) is 109 cm³/mol. The molecular formula is C22H17BrN2O2. The highest BCUT2D eigenvalue weighted by molar-refractivity contribution is 9.10. The first-order valence-corrected chi connectivity index (χ1v) is 9.35. The normalized spacial score (nSPS) is 12.3. The summed E-state index contributed by atoms with van der Waals surface area (Å²) in [6, 6.07) is 20.3. The van der Waals surface area contributed by atoms with Gasteiger partial charge in [0.05, 0.1) is 11.0 Å². The summed E-state index contributed by atoms with van der Waals surface area (Å²) in [6.45, 7) is 2.03. The highest BCUT2D eigenvalue weighted by atomic mass is 79.9. The molecule has 2 heterocycles.